The highest BCUT2D eigenvalue weighted by molar-refractivity contribution is 7.88. The Hall–Kier alpha value is -2.07. The summed E-state index contributed by atoms with van der Waals surface area (Å²) in [6.45, 7) is 0.356. The largest absolute Gasteiger partial charge is 0.323 e. The van der Waals surface area contributed by atoms with Gasteiger partial charge in [-0.05, 0) is 18.9 Å². The van der Waals surface area contributed by atoms with Crippen LogP contribution in [0.5, 0.6) is 0 Å². The fourth-order valence-corrected chi connectivity index (χ4v) is 3.33. The average Bonchev–Trinajstić information content (AvgIpc) is 2.48. The summed E-state index contributed by atoms with van der Waals surface area (Å²) >= 11 is 0. The highest BCUT2D eigenvalue weighted by Gasteiger charge is 2.30. The van der Waals surface area contributed by atoms with E-state index in [0.29, 0.717) is 19.4 Å². The first-order chi connectivity index (χ1) is 10.7. The number of nitro groups is 1. The molecule has 1 N–H and O–H groups in total. The van der Waals surface area contributed by atoms with Gasteiger partial charge in [0.05, 0.1) is 22.8 Å². The van der Waals surface area contributed by atoms with E-state index in [2.05, 4.69) is 5.32 Å². The Balaban J connectivity index is 2.13. The van der Waals surface area contributed by atoms with Crippen molar-refractivity contribution in [1.29, 1.82) is 0 Å². The first-order valence-corrected chi connectivity index (χ1v) is 8.73. The molecule has 8 nitrogen and oxygen atoms in total. The van der Waals surface area contributed by atoms with Gasteiger partial charge < -0.3 is 5.32 Å². The molecule has 1 saturated heterocycles. The molecule has 1 atom stereocenters. The Kier molecular flexibility index (Phi) is 4.95. The molecular weight excluding hydrogens is 329 g/mol. The van der Waals surface area contributed by atoms with Gasteiger partial charge in [-0.3, -0.25) is 14.9 Å². The molecule has 1 aliphatic rings. The SMILES string of the molecule is CS(=O)(=O)N1CCCC(C(=O)Nc2cc([N+](=O)[O-])ccc2F)C1. The monoisotopic (exact) mass is 345 g/mol. The van der Waals surface area contributed by atoms with Crippen LogP contribution in [0.3, 0.4) is 0 Å². The minimum Gasteiger partial charge on any atom is -0.323 e. The van der Waals surface area contributed by atoms with Crippen LogP contribution in [0.4, 0.5) is 15.8 Å². The number of benzene rings is 1. The fourth-order valence-electron chi connectivity index (χ4n) is 2.42. The molecule has 1 aliphatic heterocycles. The van der Waals surface area contributed by atoms with Gasteiger partial charge in [0.2, 0.25) is 15.9 Å². The number of nitrogens with one attached hydrogen (secondary N) is 1. The van der Waals surface area contributed by atoms with E-state index in [4.69, 9.17) is 0 Å². The maximum absolute atomic E-state index is 13.7. The number of nitrogens with zero attached hydrogens (tertiary/aromatic N) is 2. The van der Waals surface area contributed by atoms with E-state index in [-0.39, 0.29) is 17.9 Å². The lowest BCUT2D eigenvalue weighted by molar-refractivity contribution is -0.384. The number of amides is 1. The zero-order valence-electron chi connectivity index (χ0n) is 12.4. The first kappa shape index (κ1) is 17.3. The maximum Gasteiger partial charge on any atom is 0.271 e. The van der Waals surface area contributed by atoms with Crippen molar-refractivity contribution in [3.05, 3.63) is 34.1 Å². The molecule has 126 valence electrons. The summed E-state index contributed by atoms with van der Waals surface area (Å²) in [5.41, 5.74) is -0.635. The highest BCUT2D eigenvalue weighted by Crippen LogP contribution is 2.24. The van der Waals surface area contributed by atoms with Crippen LogP contribution in [0, 0.1) is 21.8 Å². The Morgan fingerprint density at radius 2 is 2.17 bits per heavy atom. The number of piperidine rings is 1. The summed E-state index contributed by atoms with van der Waals surface area (Å²) in [7, 11) is -3.40. The van der Waals surface area contributed by atoms with Gasteiger partial charge in [-0.2, -0.15) is 0 Å². The molecule has 1 fully saturated rings. The van der Waals surface area contributed by atoms with Gasteiger partial charge in [-0.25, -0.2) is 17.1 Å². The van der Waals surface area contributed by atoms with Crippen LogP contribution in [-0.4, -0.2) is 42.9 Å². The number of rotatable bonds is 4. The van der Waals surface area contributed by atoms with E-state index in [1.807, 2.05) is 0 Å². The van der Waals surface area contributed by atoms with Crippen LogP contribution in [0.25, 0.3) is 0 Å². The number of nitro benzene ring substituents is 1. The molecule has 0 saturated carbocycles. The van der Waals surface area contributed by atoms with Crippen molar-refractivity contribution in [2.75, 3.05) is 24.7 Å². The molecule has 1 unspecified atom stereocenters. The predicted octanol–water partition coefficient (Wildman–Crippen LogP) is 1.34. The van der Waals surface area contributed by atoms with Crippen molar-refractivity contribution in [3.63, 3.8) is 0 Å². The molecular formula is C13H16FN3O5S. The topological polar surface area (TPSA) is 110 Å². The van der Waals surface area contributed by atoms with Crippen LogP contribution >= 0.6 is 0 Å². The van der Waals surface area contributed by atoms with Crippen molar-refractivity contribution in [2.24, 2.45) is 5.92 Å². The molecule has 0 spiro atoms. The van der Waals surface area contributed by atoms with Gasteiger partial charge in [-0.15, -0.1) is 0 Å². The lowest BCUT2D eigenvalue weighted by atomic mass is 9.98. The lowest BCUT2D eigenvalue weighted by Crippen LogP contribution is -2.43. The Morgan fingerprint density at radius 1 is 1.48 bits per heavy atom. The van der Waals surface area contributed by atoms with Crippen LogP contribution < -0.4 is 5.32 Å². The van der Waals surface area contributed by atoms with Crippen molar-refractivity contribution in [2.45, 2.75) is 12.8 Å². The molecule has 0 aliphatic carbocycles. The van der Waals surface area contributed by atoms with Gasteiger partial charge in [0.15, 0.2) is 0 Å². The number of hydrogen-bond acceptors (Lipinski definition) is 5. The normalized spacial score (nSPS) is 19.3. The second kappa shape index (κ2) is 6.59. The second-order valence-electron chi connectivity index (χ2n) is 5.37. The van der Waals surface area contributed by atoms with Crippen molar-refractivity contribution in [3.8, 4) is 0 Å². The van der Waals surface area contributed by atoms with Gasteiger partial charge in [0.1, 0.15) is 5.82 Å². The number of anilines is 1. The molecule has 0 bridgehead atoms. The zero-order valence-corrected chi connectivity index (χ0v) is 13.2. The lowest BCUT2D eigenvalue weighted by Gasteiger charge is -2.30. The van der Waals surface area contributed by atoms with E-state index in [0.717, 1.165) is 24.5 Å². The van der Waals surface area contributed by atoms with E-state index in [1.54, 1.807) is 0 Å². The Morgan fingerprint density at radius 3 is 2.78 bits per heavy atom. The third-order valence-electron chi connectivity index (χ3n) is 3.64. The molecule has 1 heterocycles. The summed E-state index contributed by atoms with van der Waals surface area (Å²) < 4.78 is 38.0. The number of carbonyl (C=O) groups excluding carboxylic acids is 1. The fraction of sp³-hybridized carbons (Fsp3) is 0.462. The van der Waals surface area contributed by atoms with Crippen molar-refractivity contribution >= 4 is 27.3 Å². The Bertz CT molecular complexity index is 737. The second-order valence-corrected chi connectivity index (χ2v) is 7.35. The van der Waals surface area contributed by atoms with Gasteiger partial charge in [-0.1, -0.05) is 0 Å². The maximum atomic E-state index is 13.7. The molecule has 2 rings (SSSR count). The molecule has 23 heavy (non-hydrogen) atoms. The van der Waals surface area contributed by atoms with Crippen LogP contribution in [0.1, 0.15) is 12.8 Å². The van der Waals surface area contributed by atoms with Gasteiger partial charge in [0, 0.05) is 25.2 Å². The predicted molar refractivity (Wildman–Crippen MR) is 80.8 cm³/mol. The highest BCUT2D eigenvalue weighted by atomic mass is 32.2. The molecule has 0 radical (unpaired) electrons. The van der Waals surface area contributed by atoms with E-state index in [9.17, 15) is 27.7 Å². The van der Waals surface area contributed by atoms with E-state index < -0.39 is 32.6 Å². The smallest absolute Gasteiger partial charge is 0.271 e. The summed E-state index contributed by atoms with van der Waals surface area (Å²) in [5.74, 6) is -1.98. The summed E-state index contributed by atoms with van der Waals surface area (Å²) in [4.78, 5) is 22.2. The molecule has 10 heteroatoms. The summed E-state index contributed by atoms with van der Waals surface area (Å²) in [5, 5.41) is 13.0. The third kappa shape index (κ3) is 4.23. The molecule has 0 aromatic heterocycles. The minimum absolute atomic E-state index is 0.0151. The third-order valence-corrected chi connectivity index (χ3v) is 4.91. The first-order valence-electron chi connectivity index (χ1n) is 6.88. The Labute approximate surface area is 132 Å². The zero-order chi connectivity index (χ0) is 17.2. The summed E-state index contributed by atoms with van der Waals surface area (Å²) in [6, 6.07) is 2.83. The quantitative estimate of drug-likeness (QED) is 0.654. The molecule has 1 aromatic rings. The number of non-ortho nitro benzene ring substituents is 1. The molecule has 1 aromatic carbocycles. The van der Waals surface area contributed by atoms with Crippen LogP contribution in [0.2, 0.25) is 0 Å². The van der Waals surface area contributed by atoms with Gasteiger partial charge in [0.25, 0.3) is 5.69 Å². The van der Waals surface area contributed by atoms with Crippen LogP contribution in [0.15, 0.2) is 18.2 Å². The number of carbonyl (C=O) groups is 1. The average molecular weight is 345 g/mol. The standard InChI is InChI=1S/C13H16FN3O5S/c1-23(21,22)16-6-2-3-9(8-16)13(18)15-12-7-10(17(19)20)4-5-11(12)14/h4-5,7,9H,2-3,6,8H2,1H3,(H,15,18). The van der Waals surface area contributed by atoms with Crippen LogP contribution in [-0.2, 0) is 14.8 Å². The van der Waals surface area contributed by atoms with E-state index in [1.165, 1.54) is 4.31 Å². The van der Waals surface area contributed by atoms with Crippen molar-refractivity contribution in [1.82, 2.24) is 4.31 Å². The van der Waals surface area contributed by atoms with E-state index >= 15 is 0 Å². The minimum atomic E-state index is -3.40. The number of halogens is 1. The van der Waals surface area contributed by atoms with Crippen molar-refractivity contribution < 1.29 is 22.5 Å². The summed E-state index contributed by atoms with van der Waals surface area (Å²) in [6.07, 6.45) is 2.05. The van der Waals surface area contributed by atoms with Gasteiger partial charge >= 0.3 is 0 Å². The number of sulfonamides is 1. The molecule has 1 amide bonds. The number of hydrogen-bond donors (Lipinski definition) is 1.